The van der Waals surface area contributed by atoms with Crippen LogP contribution in [0.2, 0.25) is 0 Å². The molecule has 0 amide bonds. The van der Waals surface area contributed by atoms with E-state index in [1.807, 2.05) is 6.07 Å². The summed E-state index contributed by atoms with van der Waals surface area (Å²) in [6, 6.07) is 10.4. The Morgan fingerprint density at radius 1 is 1.12 bits per heavy atom. The highest BCUT2D eigenvalue weighted by atomic mass is 16.3. The van der Waals surface area contributed by atoms with Gasteiger partial charge in [0.25, 0.3) is 0 Å². The molecule has 2 atom stereocenters. The topological polar surface area (TPSA) is 20.2 Å². The van der Waals surface area contributed by atoms with Crippen LogP contribution in [0.25, 0.3) is 0 Å². The molecule has 1 N–H and O–H groups in total. The number of aliphatic hydroxyl groups is 1. The summed E-state index contributed by atoms with van der Waals surface area (Å²) in [5.41, 5.74) is 1.50. The molecule has 1 rings (SSSR count). The molecule has 1 heteroatoms. The fourth-order valence-corrected chi connectivity index (χ4v) is 2.71. The molecule has 0 radical (unpaired) electrons. The van der Waals surface area contributed by atoms with E-state index in [1.54, 1.807) is 0 Å². The van der Waals surface area contributed by atoms with Crippen LogP contribution in [0, 0.1) is 11.3 Å². The predicted molar refractivity (Wildman–Crippen MR) is 74.1 cm³/mol. The standard InChI is InChI=1S/C16H26O/c1-5-9-15(16(2,3)4)14(12-17)13-10-7-6-8-11-13/h6-8,10-11,14-15,17H,5,9,12H2,1-4H3. The summed E-state index contributed by atoms with van der Waals surface area (Å²) in [6.07, 6.45) is 2.34. The molecule has 0 aromatic heterocycles. The summed E-state index contributed by atoms with van der Waals surface area (Å²) >= 11 is 0. The second kappa shape index (κ2) is 6.20. The largest absolute Gasteiger partial charge is 0.396 e. The highest BCUT2D eigenvalue weighted by molar-refractivity contribution is 5.21. The lowest BCUT2D eigenvalue weighted by atomic mass is 9.69. The van der Waals surface area contributed by atoms with E-state index in [0.717, 1.165) is 0 Å². The number of hydrogen-bond donors (Lipinski definition) is 1. The third-order valence-corrected chi connectivity index (χ3v) is 3.62. The van der Waals surface area contributed by atoms with Crippen LogP contribution in [-0.4, -0.2) is 11.7 Å². The van der Waals surface area contributed by atoms with E-state index in [4.69, 9.17) is 0 Å². The molecule has 0 saturated carbocycles. The minimum Gasteiger partial charge on any atom is -0.396 e. The van der Waals surface area contributed by atoms with Crippen LogP contribution in [0.1, 0.15) is 52.0 Å². The maximum Gasteiger partial charge on any atom is 0.0502 e. The Morgan fingerprint density at radius 2 is 1.71 bits per heavy atom. The third-order valence-electron chi connectivity index (χ3n) is 3.62. The summed E-state index contributed by atoms with van der Waals surface area (Å²) in [4.78, 5) is 0. The molecule has 1 nitrogen and oxygen atoms in total. The van der Waals surface area contributed by atoms with E-state index < -0.39 is 0 Å². The van der Waals surface area contributed by atoms with Crippen LogP contribution < -0.4 is 0 Å². The van der Waals surface area contributed by atoms with Crippen LogP contribution in [0.4, 0.5) is 0 Å². The van der Waals surface area contributed by atoms with Crippen LogP contribution in [-0.2, 0) is 0 Å². The molecular formula is C16H26O. The van der Waals surface area contributed by atoms with Crippen molar-refractivity contribution in [2.75, 3.05) is 6.61 Å². The first-order valence-electron chi connectivity index (χ1n) is 6.66. The van der Waals surface area contributed by atoms with Gasteiger partial charge in [-0.05, 0) is 23.3 Å². The van der Waals surface area contributed by atoms with Crippen molar-refractivity contribution in [3.63, 3.8) is 0 Å². The maximum absolute atomic E-state index is 9.74. The van der Waals surface area contributed by atoms with Gasteiger partial charge in [-0.2, -0.15) is 0 Å². The van der Waals surface area contributed by atoms with Crippen LogP contribution in [0.3, 0.4) is 0 Å². The van der Waals surface area contributed by atoms with Gasteiger partial charge in [-0.3, -0.25) is 0 Å². The van der Waals surface area contributed by atoms with Gasteiger partial charge in [-0.25, -0.2) is 0 Å². The van der Waals surface area contributed by atoms with Crippen LogP contribution in [0.5, 0.6) is 0 Å². The zero-order valence-electron chi connectivity index (χ0n) is 11.6. The van der Waals surface area contributed by atoms with Crippen LogP contribution in [0.15, 0.2) is 30.3 Å². The maximum atomic E-state index is 9.74. The summed E-state index contributed by atoms with van der Waals surface area (Å²) in [7, 11) is 0. The Kier molecular flexibility index (Phi) is 5.20. The van der Waals surface area contributed by atoms with Crippen LogP contribution >= 0.6 is 0 Å². The fourth-order valence-electron chi connectivity index (χ4n) is 2.71. The molecule has 0 saturated heterocycles. The summed E-state index contributed by atoms with van der Waals surface area (Å²) in [5.74, 6) is 0.788. The third kappa shape index (κ3) is 3.85. The molecule has 0 aliphatic rings. The van der Waals surface area contributed by atoms with Gasteiger partial charge in [0.05, 0.1) is 6.61 Å². The molecule has 96 valence electrons. The fraction of sp³-hybridized carbons (Fsp3) is 0.625. The van der Waals surface area contributed by atoms with Crippen molar-refractivity contribution in [3.8, 4) is 0 Å². The van der Waals surface area contributed by atoms with E-state index in [1.165, 1.54) is 18.4 Å². The van der Waals surface area contributed by atoms with E-state index in [-0.39, 0.29) is 17.9 Å². The summed E-state index contributed by atoms with van der Waals surface area (Å²) in [5, 5.41) is 9.74. The zero-order valence-corrected chi connectivity index (χ0v) is 11.6. The lowest BCUT2D eigenvalue weighted by Gasteiger charge is -2.36. The predicted octanol–water partition coefficient (Wildman–Crippen LogP) is 4.22. The van der Waals surface area contributed by atoms with Crippen molar-refractivity contribution in [3.05, 3.63) is 35.9 Å². The van der Waals surface area contributed by atoms with Gasteiger partial charge < -0.3 is 5.11 Å². The lowest BCUT2D eigenvalue weighted by Crippen LogP contribution is -2.29. The summed E-state index contributed by atoms with van der Waals surface area (Å²) in [6.45, 7) is 9.29. The Balaban J connectivity index is 2.98. The van der Waals surface area contributed by atoms with Gasteiger partial charge >= 0.3 is 0 Å². The van der Waals surface area contributed by atoms with Crippen molar-refractivity contribution < 1.29 is 5.11 Å². The second-order valence-electron chi connectivity index (χ2n) is 5.96. The highest BCUT2D eigenvalue weighted by Gasteiger charge is 2.31. The second-order valence-corrected chi connectivity index (χ2v) is 5.96. The first kappa shape index (κ1) is 14.2. The first-order valence-corrected chi connectivity index (χ1v) is 6.66. The number of hydrogen-bond acceptors (Lipinski definition) is 1. The molecule has 0 aliphatic carbocycles. The van der Waals surface area contributed by atoms with E-state index in [2.05, 4.69) is 52.0 Å². The number of rotatable bonds is 5. The molecule has 0 fully saturated rings. The van der Waals surface area contributed by atoms with E-state index in [0.29, 0.717) is 5.92 Å². The lowest BCUT2D eigenvalue weighted by molar-refractivity contribution is 0.134. The normalized spacial score (nSPS) is 15.6. The molecule has 2 unspecified atom stereocenters. The zero-order chi connectivity index (χ0) is 12.9. The monoisotopic (exact) mass is 234 g/mol. The van der Waals surface area contributed by atoms with Gasteiger partial charge in [-0.1, -0.05) is 64.4 Å². The highest BCUT2D eigenvalue weighted by Crippen LogP contribution is 2.40. The molecular weight excluding hydrogens is 208 g/mol. The van der Waals surface area contributed by atoms with Gasteiger partial charge in [0.2, 0.25) is 0 Å². The number of aliphatic hydroxyl groups excluding tert-OH is 1. The van der Waals surface area contributed by atoms with E-state index >= 15 is 0 Å². The van der Waals surface area contributed by atoms with Crippen molar-refractivity contribution in [2.45, 2.75) is 46.5 Å². The molecule has 0 bridgehead atoms. The Morgan fingerprint density at radius 3 is 2.12 bits per heavy atom. The first-order chi connectivity index (χ1) is 8.00. The number of benzene rings is 1. The smallest absolute Gasteiger partial charge is 0.0502 e. The molecule has 0 aliphatic heterocycles. The van der Waals surface area contributed by atoms with Gasteiger partial charge in [0.15, 0.2) is 0 Å². The minimum atomic E-state index is 0.235. The summed E-state index contributed by atoms with van der Waals surface area (Å²) < 4.78 is 0. The average Bonchev–Trinajstić information content (AvgIpc) is 2.29. The van der Waals surface area contributed by atoms with Gasteiger partial charge in [0.1, 0.15) is 0 Å². The van der Waals surface area contributed by atoms with Crippen molar-refractivity contribution in [1.82, 2.24) is 0 Å². The molecule has 17 heavy (non-hydrogen) atoms. The Labute approximate surface area is 106 Å². The van der Waals surface area contributed by atoms with Crippen molar-refractivity contribution in [2.24, 2.45) is 11.3 Å². The molecule has 0 spiro atoms. The molecule has 0 heterocycles. The SMILES string of the molecule is CCCC(C(CO)c1ccccc1)C(C)(C)C. The van der Waals surface area contributed by atoms with Crippen molar-refractivity contribution in [1.29, 1.82) is 0 Å². The Hall–Kier alpha value is -0.820. The molecule has 1 aromatic rings. The quantitative estimate of drug-likeness (QED) is 0.808. The Bertz CT molecular complexity index is 310. The average molecular weight is 234 g/mol. The minimum absolute atomic E-state index is 0.235. The molecule has 1 aromatic carbocycles. The van der Waals surface area contributed by atoms with Crippen molar-refractivity contribution >= 4 is 0 Å². The van der Waals surface area contributed by atoms with Gasteiger partial charge in [0, 0.05) is 5.92 Å². The van der Waals surface area contributed by atoms with E-state index in [9.17, 15) is 5.11 Å². The van der Waals surface area contributed by atoms with Gasteiger partial charge in [-0.15, -0.1) is 0 Å².